The summed E-state index contributed by atoms with van der Waals surface area (Å²) in [6.07, 6.45) is 7.20. The van der Waals surface area contributed by atoms with Crippen LogP contribution in [0.15, 0.2) is 0 Å². The van der Waals surface area contributed by atoms with Crippen LogP contribution in [0.1, 0.15) is 52.4 Å². The van der Waals surface area contributed by atoms with Crippen molar-refractivity contribution in [2.45, 2.75) is 64.5 Å². The van der Waals surface area contributed by atoms with Crippen LogP contribution in [0.2, 0.25) is 0 Å². The molecule has 2 N–H and O–H groups in total. The van der Waals surface area contributed by atoms with Crippen LogP contribution in [0.3, 0.4) is 0 Å². The van der Waals surface area contributed by atoms with Gasteiger partial charge in [0.2, 0.25) is 5.91 Å². The molecule has 1 rings (SSSR count). The lowest BCUT2D eigenvalue weighted by atomic mass is 9.84. The summed E-state index contributed by atoms with van der Waals surface area (Å²) in [4.78, 5) is 11.9. The fraction of sp³-hybridized carbons (Fsp3) is 0.933. The number of carbonyl (C=O) groups is 1. The van der Waals surface area contributed by atoms with Gasteiger partial charge in [-0.3, -0.25) is 4.79 Å². The number of carbonyl (C=O) groups excluding carboxylic acids is 1. The van der Waals surface area contributed by atoms with E-state index in [1.165, 1.54) is 32.1 Å². The number of amides is 1. The van der Waals surface area contributed by atoms with Gasteiger partial charge in [-0.2, -0.15) is 0 Å². The predicted molar refractivity (Wildman–Crippen MR) is 78.1 cm³/mol. The molecule has 3 unspecified atom stereocenters. The molecule has 1 saturated carbocycles. The Morgan fingerprint density at radius 1 is 1.42 bits per heavy atom. The first-order valence-electron chi connectivity index (χ1n) is 7.70. The van der Waals surface area contributed by atoms with Crippen LogP contribution in [0.25, 0.3) is 0 Å². The molecule has 0 bridgehead atoms. The highest BCUT2D eigenvalue weighted by Gasteiger charge is 2.23. The Morgan fingerprint density at radius 3 is 2.89 bits per heavy atom. The van der Waals surface area contributed by atoms with Crippen molar-refractivity contribution in [3.8, 4) is 0 Å². The molecule has 0 radical (unpaired) electrons. The normalized spacial score (nSPS) is 25.0. The second kappa shape index (κ2) is 9.32. The van der Waals surface area contributed by atoms with Crippen molar-refractivity contribution in [3.63, 3.8) is 0 Å². The zero-order valence-electron chi connectivity index (χ0n) is 12.7. The van der Waals surface area contributed by atoms with Gasteiger partial charge in [-0.1, -0.05) is 26.2 Å². The minimum absolute atomic E-state index is 0.0943. The number of ether oxygens (including phenoxy) is 1. The molecule has 1 fully saturated rings. The third-order valence-corrected chi connectivity index (χ3v) is 4.06. The molecule has 0 saturated heterocycles. The molecule has 0 aromatic carbocycles. The highest BCUT2D eigenvalue weighted by atomic mass is 16.5. The van der Waals surface area contributed by atoms with Crippen molar-refractivity contribution < 1.29 is 9.53 Å². The maximum absolute atomic E-state index is 11.9. The molecule has 1 aliphatic carbocycles. The molecule has 4 heteroatoms. The average molecular weight is 270 g/mol. The van der Waals surface area contributed by atoms with Crippen LogP contribution in [0.5, 0.6) is 0 Å². The zero-order valence-corrected chi connectivity index (χ0v) is 12.7. The van der Waals surface area contributed by atoms with Gasteiger partial charge >= 0.3 is 0 Å². The Balaban J connectivity index is 2.21. The van der Waals surface area contributed by atoms with Crippen LogP contribution in [-0.2, 0) is 9.53 Å². The molecule has 4 nitrogen and oxygen atoms in total. The Kier molecular flexibility index (Phi) is 8.07. The van der Waals surface area contributed by atoms with Crippen molar-refractivity contribution in [3.05, 3.63) is 0 Å². The second-order valence-electron chi connectivity index (χ2n) is 5.66. The summed E-state index contributed by atoms with van der Waals surface area (Å²) in [5.41, 5.74) is 0. The highest BCUT2D eigenvalue weighted by Crippen LogP contribution is 2.26. The third-order valence-electron chi connectivity index (χ3n) is 4.06. The molecular formula is C15H30N2O2. The minimum Gasteiger partial charge on any atom is -0.385 e. The van der Waals surface area contributed by atoms with E-state index < -0.39 is 0 Å². The Hall–Kier alpha value is -0.610. The molecule has 1 amide bonds. The summed E-state index contributed by atoms with van der Waals surface area (Å²) in [7, 11) is 1.68. The molecule has 0 spiro atoms. The lowest BCUT2D eigenvalue weighted by Crippen LogP contribution is -2.48. The lowest BCUT2D eigenvalue weighted by molar-refractivity contribution is -0.123. The van der Waals surface area contributed by atoms with Gasteiger partial charge in [-0.25, -0.2) is 0 Å². The number of hydrogen-bond donors (Lipinski definition) is 2. The molecular weight excluding hydrogens is 240 g/mol. The van der Waals surface area contributed by atoms with Crippen molar-refractivity contribution in [2.24, 2.45) is 5.92 Å². The van der Waals surface area contributed by atoms with E-state index >= 15 is 0 Å². The van der Waals surface area contributed by atoms with Gasteiger partial charge in [-0.05, 0) is 32.1 Å². The predicted octanol–water partition coefficient (Wildman–Crippen LogP) is 2.09. The maximum atomic E-state index is 11.9. The van der Waals surface area contributed by atoms with Crippen LogP contribution >= 0.6 is 0 Å². The molecule has 112 valence electrons. The van der Waals surface area contributed by atoms with E-state index in [4.69, 9.17) is 4.74 Å². The van der Waals surface area contributed by atoms with Gasteiger partial charge in [-0.15, -0.1) is 0 Å². The van der Waals surface area contributed by atoms with Crippen molar-refractivity contribution in [2.75, 3.05) is 20.3 Å². The third kappa shape index (κ3) is 6.39. The summed E-state index contributed by atoms with van der Waals surface area (Å²) >= 11 is 0. The van der Waals surface area contributed by atoms with Crippen molar-refractivity contribution in [1.82, 2.24) is 10.6 Å². The first-order valence-corrected chi connectivity index (χ1v) is 7.70. The zero-order chi connectivity index (χ0) is 14.1. The Labute approximate surface area is 117 Å². The highest BCUT2D eigenvalue weighted by molar-refractivity contribution is 5.81. The van der Waals surface area contributed by atoms with Crippen LogP contribution in [0.4, 0.5) is 0 Å². The Morgan fingerprint density at radius 2 is 2.21 bits per heavy atom. The van der Waals surface area contributed by atoms with Crippen LogP contribution < -0.4 is 10.6 Å². The van der Waals surface area contributed by atoms with E-state index in [9.17, 15) is 4.79 Å². The maximum Gasteiger partial charge on any atom is 0.236 e. The summed E-state index contributed by atoms with van der Waals surface area (Å²) in [6, 6.07) is 0.418. The van der Waals surface area contributed by atoms with Crippen molar-refractivity contribution >= 4 is 5.91 Å². The molecule has 0 aliphatic heterocycles. The van der Waals surface area contributed by atoms with E-state index in [0.29, 0.717) is 19.2 Å². The summed E-state index contributed by atoms with van der Waals surface area (Å²) < 4.78 is 4.96. The fourth-order valence-electron chi connectivity index (χ4n) is 2.82. The smallest absolute Gasteiger partial charge is 0.236 e. The largest absolute Gasteiger partial charge is 0.385 e. The van der Waals surface area contributed by atoms with E-state index in [1.807, 2.05) is 6.92 Å². The summed E-state index contributed by atoms with van der Waals surface area (Å²) in [6.45, 7) is 5.62. The standard InChI is InChI=1S/C15H30N2O2/c1-4-13-7-5-8-14(11-13)17-12(2)15(18)16-9-6-10-19-3/h12-14,17H,4-11H2,1-3H3,(H,16,18). The van der Waals surface area contributed by atoms with Gasteiger partial charge in [0.1, 0.15) is 0 Å². The Bertz CT molecular complexity index is 259. The van der Waals surface area contributed by atoms with Gasteiger partial charge < -0.3 is 15.4 Å². The SMILES string of the molecule is CCC1CCCC(NC(C)C(=O)NCCCOC)C1. The number of nitrogens with one attached hydrogen (secondary N) is 2. The lowest BCUT2D eigenvalue weighted by Gasteiger charge is -2.31. The molecule has 3 atom stereocenters. The second-order valence-corrected chi connectivity index (χ2v) is 5.66. The number of rotatable bonds is 8. The van der Waals surface area contributed by atoms with Gasteiger partial charge in [0.25, 0.3) is 0 Å². The van der Waals surface area contributed by atoms with Gasteiger partial charge in [0.05, 0.1) is 6.04 Å². The first kappa shape index (κ1) is 16.4. The van der Waals surface area contributed by atoms with E-state index in [2.05, 4.69) is 17.6 Å². The number of hydrogen-bond acceptors (Lipinski definition) is 3. The topological polar surface area (TPSA) is 50.4 Å². The van der Waals surface area contributed by atoms with Gasteiger partial charge in [0.15, 0.2) is 0 Å². The van der Waals surface area contributed by atoms with E-state index in [-0.39, 0.29) is 11.9 Å². The van der Waals surface area contributed by atoms with E-state index in [1.54, 1.807) is 7.11 Å². The molecule has 1 aliphatic rings. The molecule has 0 heterocycles. The van der Waals surface area contributed by atoms with Crippen LogP contribution in [-0.4, -0.2) is 38.3 Å². The first-order chi connectivity index (χ1) is 9.17. The summed E-state index contributed by atoms with van der Waals surface area (Å²) in [5, 5.41) is 6.43. The minimum atomic E-state index is -0.0943. The summed E-state index contributed by atoms with van der Waals surface area (Å²) in [5.74, 6) is 0.943. The molecule has 19 heavy (non-hydrogen) atoms. The van der Waals surface area contributed by atoms with Gasteiger partial charge in [0, 0.05) is 26.3 Å². The van der Waals surface area contributed by atoms with Crippen LogP contribution in [0, 0.1) is 5.92 Å². The molecule has 0 aromatic rings. The molecule has 0 aromatic heterocycles. The monoisotopic (exact) mass is 270 g/mol. The quantitative estimate of drug-likeness (QED) is 0.664. The number of methoxy groups -OCH3 is 1. The fourth-order valence-corrected chi connectivity index (χ4v) is 2.82. The van der Waals surface area contributed by atoms with E-state index in [0.717, 1.165) is 12.3 Å². The average Bonchev–Trinajstić information content (AvgIpc) is 2.43. The van der Waals surface area contributed by atoms with Crippen molar-refractivity contribution in [1.29, 1.82) is 0 Å².